The molecule has 0 aliphatic rings. The number of rotatable bonds is 1. The van der Waals surface area contributed by atoms with Crippen molar-refractivity contribution in [2.45, 2.75) is 6.42 Å². The Hall–Kier alpha value is -2.24. The Kier molecular flexibility index (Phi) is 3.44. The average molecular weight is 223 g/mol. The first-order valence-electron chi connectivity index (χ1n) is 5.49. The predicted octanol–water partition coefficient (Wildman–Crippen LogP) is 1.74. The van der Waals surface area contributed by atoms with Crippen molar-refractivity contribution in [3.8, 4) is 11.8 Å². The lowest BCUT2D eigenvalue weighted by molar-refractivity contribution is -0.254. The summed E-state index contributed by atoms with van der Waals surface area (Å²) >= 11 is 0. The van der Waals surface area contributed by atoms with Gasteiger partial charge in [-0.1, -0.05) is 30.0 Å². The molecule has 2 aromatic rings. The van der Waals surface area contributed by atoms with Crippen LogP contribution in [0.4, 0.5) is 11.4 Å². The Morgan fingerprint density at radius 1 is 1.06 bits per heavy atom. The lowest BCUT2D eigenvalue weighted by Gasteiger charge is -1.98. The molecular formula is C15H15N2+. The van der Waals surface area contributed by atoms with Crippen LogP contribution in [0.1, 0.15) is 11.1 Å². The van der Waals surface area contributed by atoms with E-state index in [0.717, 1.165) is 22.5 Å². The summed E-state index contributed by atoms with van der Waals surface area (Å²) in [5.41, 5.74) is 13.5. The molecule has 17 heavy (non-hydrogen) atoms. The van der Waals surface area contributed by atoms with Crippen LogP contribution < -0.4 is 11.5 Å². The molecule has 0 saturated heterocycles. The molecule has 0 aromatic heterocycles. The monoisotopic (exact) mass is 223 g/mol. The van der Waals surface area contributed by atoms with Crippen LogP contribution in [-0.4, -0.2) is 0 Å². The number of anilines is 1. The zero-order chi connectivity index (χ0) is 12.1. The molecule has 5 N–H and O–H groups in total. The number of quaternary nitrogens is 1. The van der Waals surface area contributed by atoms with E-state index < -0.39 is 0 Å². The molecule has 0 unspecified atom stereocenters. The third kappa shape index (κ3) is 3.37. The number of nitrogen functional groups attached to an aromatic ring is 1. The lowest BCUT2D eigenvalue weighted by atomic mass is 10.1. The van der Waals surface area contributed by atoms with Gasteiger partial charge < -0.3 is 11.5 Å². The first kappa shape index (κ1) is 11.3. The second kappa shape index (κ2) is 5.20. The van der Waals surface area contributed by atoms with Gasteiger partial charge in [0.1, 0.15) is 5.69 Å². The van der Waals surface area contributed by atoms with Gasteiger partial charge in [0.15, 0.2) is 0 Å². The fourth-order valence-electron chi connectivity index (χ4n) is 1.66. The second-order valence-corrected chi connectivity index (χ2v) is 3.93. The highest BCUT2D eigenvalue weighted by molar-refractivity contribution is 5.51. The maximum absolute atomic E-state index is 5.75. The fraction of sp³-hybridized carbons (Fsp3) is 0.0667. The van der Waals surface area contributed by atoms with Gasteiger partial charge in [-0.3, -0.25) is 0 Å². The molecule has 0 amide bonds. The van der Waals surface area contributed by atoms with E-state index in [1.807, 2.05) is 48.5 Å². The topological polar surface area (TPSA) is 53.7 Å². The van der Waals surface area contributed by atoms with E-state index in [9.17, 15) is 0 Å². The van der Waals surface area contributed by atoms with E-state index in [-0.39, 0.29) is 0 Å². The molecule has 2 aromatic carbocycles. The molecule has 0 saturated carbocycles. The summed E-state index contributed by atoms with van der Waals surface area (Å²) in [7, 11) is 0. The maximum atomic E-state index is 5.75. The van der Waals surface area contributed by atoms with Gasteiger partial charge in [-0.2, -0.15) is 0 Å². The number of nitrogens with two attached hydrogens (primary N) is 1. The van der Waals surface area contributed by atoms with Crippen molar-refractivity contribution in [3.63, 3.8) is 0 Å². The zero-order valence-electron chi connectivity index (χ0n) is 9.61. The molecule has 2 rings (SSSR count). The molecule has 0 aliphatic carbocycles. The third-order valence-electron chi connectivity index (χ3n) is 2.37. The molecule has 0 spiro atoms. The van der Waals surface area contributed by atoms with Crippen molar-refractivity contribution < 1.29 is 5.73 Å². The first-order valence-corrected chi connectivity index (χ1v) is 5.49. The summed E-state index contributed by atoms with van der Waals surface area (Å²) in [6.07, 6.45) is 0.697. The van der Waals surface area contributed by atoms with Crippen LogP contribution in [0.5, 0.6) is 0 Å². The molecule has 0 aliphatic heterocycles. The summed E-state index contributed by atoms with van der Waals surface area (Å²) < 4.78 is 0. The van der Waals surface area contributed by atoms with Crippen LogP contribution in [-0.2, 0) is 6.42 Å². The van der Waals surface area contributed by atoms with Gasteiger partial charge in [-0.25, -0.2) is 0 Å². The average Bonchev–Trinajstić information content (AvgIpc) is 2.29. The SMILES string of the molecule is Nc1cc([NH3+])cc(CC#Cc2ccccc2)c1. The number of benzene rings is 2. The molecular weight excluding hydrogens is 208 g/mol. The van der Waals surface area contributed by atoms with Gasteiger partial charge in [0.2, 0.25) is 0 Å². The van der Waals surface area contributed by atoms with Crippen LogP contribution >= 0.6 is 0 Å². The number of hydrogen-bond acceptors (Lipinski definition) is 1. The summed E-state index contributed by atoms with van der Waals surface area (Å²) in [4.78, 5) is 0. The normalized spacial score (nSPS) is 9.47. The van der Waals surface area contributed by atoms with Gasteiger partial charge in [-0.15, -0.1) is 0 Å². The Labute approximate surface area is 101 Å². The Bertz CT molecular complexity index is 542. The molecule has 2 nitrogen and oxygen atoms in total. The van der Waals surface area contributed by atoms with Crippen molar-refractivity contribution in [1.82, 2.24) is 0 Å². The smallest absolute Gasteiger partial charge is 0.130 e. The fourth-order valence-corrected chi connectivity index (χ4v) is 1.66. The minimum absolute atomic E-state index is 0.697. The van der Waals surface area contributed by atoms with Gasteiger partial charge in [0, 0.05) is 29.8 Å². The molecule has 0 atom stereocenters. The first-order chi connectivity index (χ1) is 8.24. The zero-order valence-corrected chi connectivity index (χ0v) is 9.61. The van der Waals surface area contributed by atoms with Crippen LogP contribution in [0.25, 0.3) is 0 Å². The van der Waals surface area contributed by atoms with E-state index >= 15 is 0 Å². The predicted molar refractivity (Wildman–Crippen MR) is 70.4 cm³/mol. The van der Waals surface area contributed by atoms with Gasteiger partial charge in [-0.05, 0) is 23.8 Å². The summed E-state index contributed by atoms with van der Waals surface area (Å²) in [6, 6.07) is 15.8. The van der Waals surface area contributed by atoms with Crippen molar-refractivity contribution >= 4 is 11.4 Å². The van der Waals surface area contributed by atoms with Gasteiger partial charge in [0.25, 0.3) is 0 Å². The number of hydrogen-bond donors (Lipinski definition) is 2. The van der Waals surface area contributed by atoms with E-state index in [4.69, 9.17) is 5.73 Å². The van der Waals surface area contributed by atoms with E-state index in [1.54, 1.807) is 0 Å². The standard InChI is InChI=1S/C15H14N2/c16-14-9-13(10-15(17)11-14)8-4-7-12-5-2-1-3-6-12/h1-3,5-6,9-11H,8,16-17H2/p+1. The van der Waals surface area contributed by atoms with Crippen molar-refractivity contribution in [2.75, 3.05) is 5.73 Å². The van der Waals surface area contributed by atoms with Crippen LogP contribution in [0.3, 0.4) is 0 Å². The van der Waals surface area contributed by atoms with E-state index in [2.05, 4.69) is 17.6 Å². The summed E-state index contributed by atoms with van der Waals surface area (Å²) in [5.74, 6) is 6.26. The maximum Gasteiger partial charge on any atom is 0.130 e. The van der Waals surface area contributed by atoms with E-state index in [1.165, 1.54) is 0 Å². The second-order valence-electron chi connectivity index (χ2n) is 3.93. The minimum atomic E-state index is 0.697. The summed E-state index contributed by atoms with van der Waals surface area (Å²) in [5, 5.41) is 0. The Morgan fingerprint density at radius 2 is 1.82 bits per heavy atom. The molecule has 0 bridgehead atoms. The molecule has 0 fully saturated rings. The summed E-state index contributed by atoms with van der Waals surface area (Å²) in [6.45, 7) is 0. The quantitative estimate of drug-likeness (QED) is 0.561. The van der Waals surface area contributed by atoms with Crippen LogP contribution in [0.2, 0.25) is 0 Å². The van der Waals surface area contributed by atoms with Crippen molar-refractivity contribution in [3.05, 3.63) is 59.7 Å². The van der Waals surface area contributed by atoms with Crippen molar-refractivity contribution in [1.29, 1.82) is 0 Å². The molecule has 2 heteroatoms. The van der Waals surface area contributed by atoms with Gasteiger partial charge >= 0.3 is 0 Å². The van der Waals surface area contributed by atoms with Gasteiger partial charge in [0.05, 0.1) is 0 Å². The Balaban J connectivity index is 2.10. The third-order valence-corrected chi connectivity index (χ3v) is 2.37. The molecule has 0 radical (unpaired) electrons. The van der Waals surface area contributed by atoms with Crippen molar-refractivity contribution in [2.24, 2.45) is 0 Å². The highest BCUT2D eigenvalue weighted by Gasteiger charge is 1.96. The van der Waals surface area contributed by atoms with Crippen LogP contribution in [0.15, 0.2) is 48.5 Å². The highest BCUT2D eigenvalue weighted by atomic mass is 14.6. The van der Waals surface area contributed by atoms with Crippen LogP contribution in [0, 0.1) is 11.8 Å². The highest BCUT2D eigenvalue weighted by Crippen LogP contribution is 2.12. The molecule has 0 heterocycles. The molecule has 84 valence electrons. The van der Waals surface area contributed by atoms with E-state index in [0.29, 0.717) is 6.42 Å². The minimum Gasteiger partial charge on any atom is -0.399 e. The Morgan fingerprint density at radius 3 is 2.53 bits per heavy atom. The largest absolute Gasteiger partial charge is 0.399 e. The lowest BCUT2D eigenvalue weighted by Crippen LogP contribution is -2.40.